The maximum atomic E-state index is 13.0. The number of aromatic nitrogens is 2. The van der Waals surface area contributed by atoms with Crippen LogP contribution in [0.2, 0.25) is 0 Å². The van der Waals surface area contributed by atoms with Gasteiger partial charge in [0.2, 0.25) is 0 Å². The summed E-state index contributed by atoms with van der Waals surface area (Å²) in [5.74, 6) is -1.16. The predicted octanol–water partition coefficient (Wildman–Crippen LogP) is 1.11. The number of imidazole rings is 1. The van der Waals surface area contributed by atoms with E-state index < -0.39 is 17.7 Å². The third kappa shape index (κ3) is 3.09. The summed E-state index contributed by atoms with van der Waals surface area (Å²) < 4.78 is 7.31. The number of hydrogen-bond donors (Lipinski definition) is 2. The van der Waals surface area contributed by atoms with Gasteiger partial charge in [-0.25, -0.2) is 4.98 Å². The number of quaternary nitrogens is 1. The minimum absolute atomic E-state index is 0.0233. The largest absolute Gasteiger partial charge is 0.505 e. The Morgan fingerprint density at radius 3 is 2.67 bits per heavy atom. The van der Waals surface area contributed by atoms with Gasteiger partial charge >= 0.3 is 0 Å². The second-order valence-corrected chi connectivity index (χ2v) is 7.90. The molecule has 4 rings (SSSR count). The Bertz CT molecular complexity index is 1160. The monoisotopic (exact) mass is 409 g/mol. The third-order valence-corrected chi connectivity index (χ3v) is 5.45. The van der Waals surface area contributed by atoms with Crippen molar-refractivity contribution in [1.29, 1.82) is 0 Å². The molecule has 156 valence electrons. The van der Waals surface area contributed by atoms with Crippen LogP contribution in [0.15, 0.2) is 46.7 Å². The molecular formula is C22H25N4O4+. The Morgan fingerprint density at radius 1 is 1.23 bits per heavy atom. The normalized spacial score (nSPS) is 18.8. The van der Waals surface area contributed by atoms with Crippen LogP contribution in [-0.2, 0) is 9.59 Å². The van der Waals surface area contributed by atoms with Crippen molar-refractivity contribution in [3.63, 3.8) is 0 Å². The summed E-state index contributed by atoms with van der Waals surface area (Å²) in [6.07, 6.45) is 3.28. The van der Waals surface area contributed by atoms with Gasteiger partial charge in [-0.05, 0) is 37.6 Å². The van der Waals surface area contributed by atoms with Gasteiger partial charge in [0.1, 0.15) is 23.1 Å². The molecule has 0 unspecified atom stereocenters. The number of amides is 1. The van der Waals surface area contributed by atoms with Crippen LogP contribution >= 0.6 is 0 Å². The molecular weight excluding hydrogens is 384 g/mol. The number of rotatable bonds is 5. The quantitative estimate of drug-likeness (QED) is 0.374. The third-order valence-electron chi connectivity index (χ3n) is 5.45. The molecule has 1 saturated heterocycles. The molecule has 0 aliphatic carbocycles. The molecule has 2 N–H and O–H groups in total. The van der Waals surface area contributed by atoms with Gasteiger partial charge in [0.15, 0.2) is 5.76 Å². The standard InChI is InChI=1S/C22H24N4O4/c1-13-7-5-9-25-17(14(2)23-21(13)25)19(27)16-18(15-8-6-12-30-15)26(11-10-24(3)4)22(29)20(16)28/h5-9,12,18,27H,10-11H2,1-4H3/p+1/b19-16+/t18-/m1/s1. The zero-order valence-corrected chi connectivity index (χ0v) is 17.5. The molecule has 1 amide bonds. The van der Waals surface area contributed by atoms with Gasteiger partial charge in [0.25, 0.3) is 11.7 Å². The van der Waals surface area contributed by atoms with Crippen molar-refractivity contribution in [1.82, 2.24) is 14.3 Å². The van der Waals surface area contributed by atoms with Crippen molar-refractivity contribution in [3.05, 3.63) is 65.0 Å². The number of hydrogen-bond acceptors (Lipinski definition) is 5. The molecule has 0 spiro atoms. The number of aliphatic hydroxyl groups excluding tert-OH is 1. The van der Waals surface area contributed by atoms with E-state index in [2.05, 4.69) is 4.98 Å². The van der Waals surface area contributed by atoms with Crippen molar-refractivity contribution in [2.75, 3.05) is 27.2 Å². The van der Waals surface area contributed by atoms with Crippen LogP contribution in [0.5, 0.6) is 0 Å². The van der Waals surface area contributed by atoms with Gasteiger partial charge < -0.3 is 19.3 Å². The molecule has 8 nitrogen and oxygen atoms in total. The van der Waals surface area contributed by atoms with Gasteiger partial charge in [-0.15, -0.1) is 0 Å². The maximum absolute atomic E-state index is 13.0. The molecule has 0 bridgehead atoms. The molecule has 1 aliphatic rings. The van der Waals surface area contributed by atoms with Crippen molar-refractivity contribution >= 4 is 23.1 Å². The first-order chi connectivity index (χ1) is 14.3. The minimum atomic E-state index is -0.783. The number of pyridine rings is 1. The molecule has 4 heterocycles. The van der Waals surface area contributed by atoms with Crippen LogP contribution in [0.4, 0.5) is 0 Å². The Kier molecular flexibility index (Phi) is 4.95. The fourth-order valence-corrected chi connectivity index (χ4v) is 3.93. The van der Waals surface area contributed by atoms with E-state index in [1.165, 1.54) is 11.2 Å². The molecule has 8 heteroatoms. The molecule has 1 atom stereocenters. The number of aliphatic hydroxyl groups is 1. The smallest absolute Gasteiger partial charge is 0.295 e. The second-order valence-electron chi connectivity index (χ2n) is 7.90. The highest BCUT2D eigenvalue weighted by Gasteiger charge is 2.48. The summed E-state index contributed by atoms with van der Waals surface area (Å²) in [5.41, 5.74) is 2.63. The van der Waals surface area contributed by atoms with E-state index in [0.717, 1.165) is 10.5 Å². The fourth-order valence-electron chi connectivity index (χ4n) is 3.93. The van der Waals surface area contributed by atoms with E-state index in [1.54, 1.807) is 29.7 Å². The summed E-state index contributed by atoms with van der Waals surface area (Å²) >= 11 is 0. The summed E-state index contributed by atoms with van der Waals surface area (Å²) in [4.78, 5) is 33.1. The van der Waals surface area contributed by atoms with Crippen molar-refractivity contribution in [2.24, 2.45) is 0 Å². The maximum Gasteiger partial charge on any atom is 0.295 e. The van der Waals surface area contributed by atoms with Crippen LogP contribution in [0, 0.1) is 13.8 Å². The molecule has 3 aromatic heterocycles. The molecule has 1 aliphatic heterocycles. The number of carbonyl (C=O) groups is 2. The Labute approximate surface area is 174 Å². The van der Waals surface area contributed by atoms with E-state index in [-0.39, 0.29) is 11.3 Å². The lowest BCUT2D eigenvalue weighted by Crippen LogP contribution is -3.06. The van der Waals surface area contributed by atoms with Gasteiger partial charge in [-0.3, -0.25) is 14.0 Å². The zero-order valence-electron chi connectivity index (χ0n) is 17.5. The summed E-state index contributed by atoms with van der Waals surface area (Å²) in [6, 6.07) is 6.41. The number of carbonyl (C=O) groups excluding carboxylic acids is 2. The summed E-state index contributed by atoms with van der Waals surface area (Å²) in [6.45, 7) is 4.71. The molecule has 0 aromatic carbocycles. The molecule has 0 radical (unpaired) electrons. The van der Waals surface area contributed by atoms with Crippen LogP contribution < -0.4 is 4.90 Å². The van der Waals surface area contributed by atoms with Crippen LogP contribution in [0.1, 0.15) is 28.8 Å². The van der Waals surface area contributed by atoms with Crippen LogP contribution in [-0.4, -0.2) is 58.3 Å². The van der Waals surface area contributed by atoms with Crippen molar-refractivity contribution in [3.8, 4) is 0 Å². The number of fused-ring (bicyclic) bond motifs is 1. The van der Waals surface area contributed by atoms with Gasteiger partial charge in [-0.1, -0.05) is 6.07 Å². The van der Waals surface area contributed by atoms with E-state index in [0.29, 0.717) is 35.9 Å². The summed E-state index contributed by atoms with van der Waals surface area (Å²) in [7, 11) is 3.95. The Balaban J connectivity index is 1.92. The van der Waals surface area contributed by atoms with E-state index in [4.69, 9.17) is 4.42 Å². The highest BCUT2D eigenvalue weighted by atomic mass is 16.3. The molecule has 0 saturated carbocycles. The first-order valence-corrected chi connectivity index (χ1v) is 9.86. The SMILES string of the molecule is Cc1nc2c(C)cccn2c1/C(O)=C1\C(=O)C(=O)N(CC[NH+](C)C)[C@@H]1c1ccco1. The highest BCUT2D eigenvalue weighted by Crippen LogP contribution is 2.39. The predicted molar refractivity (Wildman–Crippen MR) is 110 cm³/mol. The summed E-state index contributed by atoms with van der Waals surface area (Å²) in [5, 5.41) is 11.3. The fraction of sp³-hybridized carbons (Fsp3) is 0.318. The highest BCUT2D eigenvalue weighted by molar-refractivity contribution is 6.46. The van der Waals surface area contributed by atoms with E-state index >= 15 is 0 Å². The van der Waals surface area contributed by atoms with Crippen LogP contribution in [0.3, 0.4) is 0 Å². The van der Waals surface area contributed by atoms with E-state index in [9.17, 15) is 14.7 Å². The molecule has 3 aromatic rings. The number of furan rings is 1. The molecule has 30 heavy (non-hydrogen) atoms. The van der Waals surface area contributed by atoms with Gasteiger partial charge in [0.05, 0.1) is 44.7 Å². The average Bonchev–Trinajstić information content (AvgIpc) is 3.38. The number of nitrogens with one attached hydrogen (secondary N) is 1. The minimum Gasteiger partial charge on any atom is -0.505 e. The lowest BCUT2D eigenvalue weighted by Gasteiger charge is -2.23. The average molecular weight is 409 g/mol. The number of ketones is 1. The van der Waals surface area contributed by atoms with Crippen LogP contribution in [0.25, 0.3) is 11.4 Å². The number of likely N-dealkylation sites (N-methyl/N-ethyl adjacent to an activating group) is 1. The zero-order chi connectivity index (χ0) is 21.6. The lowest BCUT2D eigenvalue weighted by molar-refractivity contribution is -0.857. The Morgan fingerprint density at radius 2 is 2.00 bits per heavy atom. The number of Topliss-reactive ketones (excluding diaryl/α,β-unsaturated/α-hetero) is 1. The first-order valence-electron chi connectivity index (χ1n) is 9.86. The second kappa shape index (κ2) is 7.46. The van der Waals surface area contributed by atoms with E-state index in [1.807, 2.05) is 33.2 Å². The molecule has 1 fully saturated rings. The first kappa shape index (κ1) is 19.9. The number of likely N-dealkylation sites (tertiary alicyclic amines) is 1. The topological polar surface area (TPSA) is 92.5 Å². The lowest BCUT2D eigenvalue weighted by atomic mass is 10.0. The Hall–Kier alpha value is -3.39. The number of aryl methyl sites for hydroxylation is 2. The van der Waals surface area contributed by atoms with Crippen molar-refractivity contribution in [2.45, 2.75) is 19.9 Å². The van der Waals surface area contributed by atoms with Gasteiger partial charge in [-0.2, -0.15) is 0 Å². The number of nitrogens with zero attached hydrogens (tertiary/aromatic N) is 3. The van der Waals surface area contributed by atoms with Crippen molar-refractivity contribution < 1.29 is 24.0 Å². The van der Waals surface area contributed by atoms with Gasteiger partial charge in [0, 0.05) is 6.20 Å².